The Morgan fingerprint density at radius 3 is 2.46 bits per heavy atom. The summed E-state index contributed by atoms with van der Waals surface area (Å²) in [5.41, 5.74) is -0.380. The molecule has 0 saturated heterocycles. The second kappa shape index (κ2) is 4.13. The van der Waals surface area contributed by atoms with Crippen LogP contribution in [0.1, 0.15) is 27.2 Å². The molecular formula is C9H13NaO3. The summed E-state index contributed by atoms with van der Waals surface area (Å²) in [5, 5.41) is 20.4. The van der Waals surface area contributed by atoms with Crippen LogP contribution in [0.5, 0.6) is 0 Å². The molecule has 3 nitrogen and oxygen atoms in total. The van der Waals surface area contributed by atoms with Crippen molar-refractivity contribution in [2.75, 3.05) is 0 Å². The quantitative estimate of drug-likeness (QED) is 0.433. The fourth-order valence-electron chi connectivity index (χ4n) is 1.52. The Hall–Kier alpha value is 0.170. The maximum Gasteiger partial charge on any atom is 1.00 e. The molecule has 0 bridgehead atoms. The molecule has 1 unspecified atom stereocenters. The average molecular weight is 192 g/mol. The maximum absolute atomic E-state index is 11.4. The molecule has 4 heteroatoms. The first kappa shape index (κ1) is 13.2. The number of hydrogen-bond acceptors (Lipinski definition) is 3. The molecule has 0 aromatic carbocycles. The van der Waals surface area contributed by atoms with Crippen molar-refractivity contribution in [3.63, 3.8) is 0 Å². The number of carbonyl (C=O) groups excluding carboxylic acids is 1. The predicted molar refractivity (Wildman–Crippen MR) is 42.5 cm³/mol. The molecule has 13 heavy (non-hydrogen) atoms. The van der Waals surface area contributed by atoms with Crippen LogP contribution in [0.3, 0.4) is 0 Å². The van der Waals surface area contributed by atoms with Gasteiger partial charge >= 0.3 is 29.6 Å². The third kappa shape index (κ3) is 2.34. The van der Waals surface area contributed by atoms with Gasteiger partial charge in [-0.2, -0.15) is 0 Å². The van der Waals surface area contributed by atoms with Crippen molar-refractivity contribution < 1.29 is 44.6 Å². The van der Waals surface area contributed by atoms with E-state index >= 15 is 0 Å². The molecule has 1 aliphatic carbocycles. The molecule has 0 fully saturated rings. The Kier molecular flexibility index (Phi) is 4.19. The Bertz CT molecular complexity index is 256. The molecule has 0 spiro atoms. The number of rotatable bonds is 0. The van der Waals surface area contributed by atoms with Crippen LogP contribution in [0.25, 0.3) is 0 Å². The van der Waals surface area contributed by atoms with Crippen molar-refractivity contribution in [2.45, 2.75) is 33.3 Å². The van der Waals surface area contributed by atoms with Crippen LogP contribution in [0, 0.1) is 5.41 Å². The standard InChI is InChI=1S/C9H13O3.Na/c1-5-7(11)6(10)4-9(2,3)8(5)12;/h6,11H,4H2,1-3H3;/q-1;+1. The van der Waals surface area contributed by atoms with Gasteiger partial charge in [0.1, 0.15) is 0 Å². The van der Waals surface area contributed by atoms with E-state index in [1.807, 2.05) is 0 Å². The summed E-state index contributed by atoms with van der Waals surface area (Å²) in [5.74, 6) is -0.397. The zero-order chi connectivity index (χ0) is 9.52. The largest absolute Gasteiger partial charge is 1.00 e. The number of hydrogen-bond donors (Lipinski definition) is 1. The number of aliphatic hydroxyl groups excluding tert-OH is 1. The van der Waals surface area contributed by atoms with E-state index in [4.69, 9.17) is 0 Å². The summed E-state index contributed by atoms with van der Waals surface area (Å²) >= 11 is 0. The molecule has 1 atom stereocenters. The van der Waals surface area contributed by atoms with E-state index in [9.17, 15) is 15.0 Å². The van der Waals surface area contributed by atoms with Crippen molar-refractivity contribution >= 4 is 5.78 Å². The van der Waals surface area contributed by atoms with E-state index in [0.717, 1.165) is 0 Å². The fourth-order valence-corrected chi connectivity index (χ4v) is 1.52. The molecule has 1 aliphatic rings. The minimum Gasteiger partial charge on any atom is -0.846 e. The number of Topliss-reactive ketones (excluding diaryl/α,β-unsaturated/α-hetero) is 1. The zero-order valence-electron chi connectivity index (χ0n) is 8.55. The summed E-state index contributed by atoms with van der Waals surface area (Å²) in [4.78, 5) is 11.4. The van der Waals surface area contributed by atoms with E-state index in [1.54, 1.807) is 13.8 Å². The summed E-state index contributed by atoms with van der Waals surface area (Å²) in [7, 11) is 0. The topological polar surface area (TPSA) is 60.4 Å². The Labute approximate surface area is 100 Å². The van der Waals surface area contributed by atoms with Crippen molar-refractivity contribution in [3.05, 3.63) is 11.3 Å². The van der Waals surface area contributed by atoms with E-state index in [2.05, 4.69) is 0 Å². The minimum atomic E-state index is -1.13. The van der Waals surface area contributed by atoms with Gasteiger partial charge in [-0.15, -0.1) is 0 Å². The first-order valence-electron chi connectivity index (χ1n) is 3.96. The molecule has 1 rings (SSSR count). The van der Waals surface area contributed by atoms with Crippen LogP contribution < -0.4 is 34.7 Å². The summed E-state index contributed by atoms with van der Waals surface area (Å²) in [6.07, 6.45) is -0.938. The molecule has 0 heterocycles. The van der Waals surface area contributed by atoms with Gasteiger partial charge in [-0.3, -0.25) is 4.79 Å². The molecule has 0 aliphatic heterocycles. The first-order valence-corrected chi connectivity index (χ1v) is 3.96. The first-order chi connectivity index (χ1) is 5.36. The molecule has 0 saturated carbocycles. The van der Waals surface area contributed by atoms with Crippen LogP contribution in [0.2, 0.25) is 0 Å². The molecule has 0 radical (unpaired) electrons. The van der Waals surface area contributed by atoms with E-state index in [0.29, 0.717) is 0 Å². The van der Waals surface area contributed by atoms with Crippen LogP contribution >= 0.6 is 0 Å². The molecule has 0 amide bonds. The van der Waals surface area contributed by atoms with E-state index in [1.165, 1.54) is 6.92 Å². The van der Waals surface area contributed by atoms with Crippen molar-refractivity contribution in [2.24, 2.45) is 5.41 Å². The van der Waals surface area contributed by atoms with Gasteiger partial charge < -0.3 is 10.2 Å². The van der Waals surface area contributed by atoms with E-state index < -0.39 is 11.5 Å². The minimum absolute atomic E-state index is 0. The van der Waals surface area contributed by atoms with Crippen LogP contribution in [-0.4, -0.2) is 17.0 Å². The van der Waals surface area contributed by atoms with Crippen molar-refractivity contribution in [1.82, 2.24) is 0 Å². The monoisotopic (exact) mass is 192 g/mol. The third-order valence-corrected chi connectivity index (χ3v) is 2.34. The van der Waals surface area contributed by atoms with Crippen LogP contribution in [-0.2, 0) is 4.79 Å². The number of carbonyl (C=O) groups is 1. The van der Waals surface area contributed by atoms with E-state index in [-0.39, 0.29) is 53.1 Å². The van der Waals surface area contributed by atoms with Gasteiger partial charge in [0.25, 0.3) is 0 Å². The Morgan fingerprint density at radius 1 is 1.54 bits per heavy atom. The molecular weight excluding hydrogens is 179 g/mol. The SMILES string of the molecule is CC1=C(O)C([O-])CC(C)(C)C1=O.[Na+]. The normalized spacial score (nSPS) is 27.1. The maximum atomic E-state index is 11.4. The van der Waals surface area contributed by atoms with Crippen LogP contribution in [0.15, 0.2) is 11.3 Å². The predicted octanol–water partition coefficient (Wildman–Crippen LogP) is -2.45. The van der Waals surface area contributed by atoms with Gasteiger partial charge in [0.2, 0.25) is 0 Å². The van der Waals surface area contributed by atoms with Gasteiger partial charge in [-0.25, -0.2) is 0 Å². The summed E-state index contributed by atoms with van der Waals surface area (Å²) in [6.45, 7) is 4.97. The average Bonchev–Trinajstić information content (AvgIpc) is 1.97. The molecule has 0 aromatic heterocycles. The number of ketones is 1. The van der Waals surface area contributed by atoms with Gasteiger partial charge in [-0.1, -0.05) is 20.0 Å². The fraction of sp³-hybridized carbons (Fsp3) is 0.667. The molecule has 0 aromatic rings. The van der Waals surface area contributed by atoms with Gasteiger partial charge in [-0.05, 0) is 13.3 Å². The number of aliphatic hydroxyl groups is 1. The van der Waals surface area contributed by atoms with Crippen molar-refractivity contribution in [3.8, 4) is 0 Å². The second-order valence-electron chi connectivity index (χ2n) is 3.92. The molecule has 1 N–H and O–H groups in total. The Balaban J connectivity index is 0.00000144. The third-order valence-electron chi connectivity index (χ3n) is 2.34. The number of allylic oxidation sites excluding steroid dienone is 1. The second-order valence-corrected chi connectivity index (χ2v) is 3.92. The van der Waals surface area contributed by atoms with Gasteiger partial charge in [0.05, 0.1) is 5.76 Å². The summed E-state index contributed by atoms with van der Waals surface area (Å²) in [6, 6.07) is 0. The zero-order valence-corrected chi connectivity index (χ0v) is 10.5. The van der Waals surface area contributed by atoms with Crippen LogP contribution in [0.4, 0.5) is 0 Å². The van der Waals surface area contributed by atoms with Gasteiger partial charge in [0.15, 0.2) is 5.78 Å². The van der Waals surface area contributed by atoms with Gasteiger partial charge in [0, 0.05) is 11.0 Å². The smallest absolute Gasteiger partial charge is 0.846 e. The Morgan fingerprint density at radius 2 is 2.00 bits per heavy atom. The molecule has 68 valence electrons. The van der Waals surface area contributed by atoms with Crippen molar-refractivity contribution in [1.29, 1.82) is 0 Å². The summed E-state index contributed by atoms with van der Waals surface area (Å²) < 4.78 is 0.